The van der Waals surface area contributed by atoms with Crippen LogP contribution in [0, 0.1) is 0 Å². The van der Waals surface area contributed by atoms with Crippen LogP contribution in [-0.2, 0) is 22.4 Å². The van der Waals surface area contributed by atoms with Gasteiger partial charge in [-0.15, -0.1) is 0 Å². The molecule has 114 valence electrons. The predicted molar refractivity (Wildman–Crippen MR) is 82.3 cm³/mol. The highest BCUT2D eigenvalue weighted by Gasteiger charge is 2.30. The molecule has 1 aliphatic carbocycles. The Bertz CT molecular complexity index is 472. The van der Waals surface area contributed by atoms with E-state index in [0.29, 0.717) is 6.04 Å². The van der Waals surface area contributed by atoms with Crippen molar-refractivity contribution in [1.29, 1.82) is 0 Å². The quantitative estimate of drug-likeness (QED) is 0.831. The van der Waals surface area contributed by atoms with Crippen molar-refractivity contribution in [2.45, 2.75) is 37.8 Å². The summed E-state index contributed by atoms with van der Waals surface area (Å²) < 4.78 is 4.95. The largest absolute Gasteiger partial charge is 0.468 e. The molecular weight excluding hydrogens is 264 g/mol. The van der Waals surface area contributed by atoms with E-state index in [4.69, 9.17) is 4.74 Å². The molecule has 0 bridgehead atoms. The fraction of sp³-hybridized carbons (Fsp3) is 0.588. The van der Waals surface area contributed by atoms with Gasteiger partial charge in [0.2, 0.25) is 0 Å². The topological polar surface area (TPSA) is 41.6 Å². The Morgan fingerprint density at radius 2 is 1.90 bits per heavy atom. The van der Waals surface area contributed by atoms with Gasteiger partial charge in [-0.3, -0.25) is 4.79 Å². The number of hydrogen-bond acceptors (Lipinski definition) is 4. The lowest BCUT2D eigenvalue weighted by Gasteiger charge is -2.25. The number of nitrogens with zero attached hydrogens (tertiary/aromatic N) is 1. The van der Waals surface area contributed by atoms with Crippen LogP contribution in [0.15, 0.2) is 24.3 Å². The van der Waals surface area contributed by atoms with E-state index in [9.17, 15) is 4.79 Å². The Morgan fingerprint density at radius 3 is 2.43 bits per heavy atom. The van der Waals surface area contributed by atoms with Crippen LogP contribution in [0.4, 0.5) is 0 Å². The number of ether oxygens (including phenoxy) is 1. The van der Waals surface area contributed by atoms with Crippen LogP contribution in [0.3, 0.4) is 0 Å². The van der Waals surface area contributed by atoms with E-state index in [1.54, 1.807) is 0 Å². The van der Waals surface area contributed by atoms with Crippen LogP contribution in [0.25, 0.3) is 0 Å². The third-order valence-electron chi connectivity index (χ3n) is 4.45. The van der Waals surface area contributed by atoms with Crippen LogP contribution in [-0.4, -0.2) is 49.7 Å². The number of rotatable bonds is 5. The molecule has 1 fully saturated rings. The van der Waals surface area contributed by atoms with Gasteiger partial charge in [0.1, 0.15) is 6.04 Å². The van der Waals surface area contributed by atoms with E-state index >= 15 is 0 Å². The maximum Gasteiger partial charge on any atom is 0.324 e. The maximum atomic E-state index is 11.9. The van der Waals surface area contributed by atoms with Gasteiger partial charge in [0.05, 0.1) is 7.11 Å². The van der Waals surface area contributed by atoms with Crippen LogP contribution in [0.1, 0.15) is 24.0 Å². The molecule has 3 rings (SSSR count). The van der Waals surface area contributed by atoms with Crippen molar-refractivity contribution in [3.8, 4) is 0 Å². The number of methoxy groups -OCH3 is 1. The molecule has 2 aliphatic rings. The van der Waals surface area contributed by atoms with Gasteiger partial charge in [-0.2, -0.15) is 0 Å². The molecule has 0 saturated heterocycles. The fourth-order valence-electron chi connectivity index (χ4n) is 3.03. The maximum absolute atomic E-state index is 11.9. The lowest BCUT2D eigenvalue weighted by atomic mass is 10.0. The first-order chi connectivity index (χ1) is 10.3. The van der Waals surface area contributed by atoms with Crippen LogP contribution >= 0.6 is 0 Å². The molecule has 21 heavy (non-hydrogen) atoms. The monoisotopic (exact) mass is 288 g/mol. The number of esters is 1. The van der Waals surface area contributed by atoms with Crippen molar-refractivity contribution in [3.63, 3.8) is 0 Å². The number of carbonyl (C=O) groups excluding carboxylic acids is 1. The normalized spacial score (nSPS) is 20.4. The Morgan fingerprint density at radius 1 is 1.29 bits per heavy atom. The molecule has 4 heteroatoms. The van der Waals surface area contributed by atoms with Gasteiger partial charge in [-0.05, 0) is 36.8 Å². The summed E-state index contributed by atoms with van der Waals surface area (Å²) in [6.07, 6.45) is 4.48. The number of nitrogens with one attached hydrogen (secondary N) is 1. The van der Waals surface area contributed by atoms with E-state index < -0.39 is 0 Å². The minimum absolute atomic E-state index is 0.135. The Labute approximate surface area is 126 Å². The number of fused-ring (bicyclic) bond motifs is 1. The first-order valence-corrected chi connectivity index (χ1v) is 7.89. The summed E-state index contributed by atoms with van der Waals surface area (Å²) in [6, 6.07) is 8.99. The third-order valence-corrected chi connectivity index (χ3v) is 4.45. The molecular formula is C17H24N2O2. The lowest BCUT2D eigenvalue weighted by Crippen LogP contribution is -2.48. The summed E-state index contributed by atoms with van der Waals surface area (Å²) in [4.78, 5) is 14.3. The van der Waals surface area contributed by atoms with Gasteiger partial charge in [-0.1, -0.05) is 24.3 Å². The zero-order chi connectivity index (χ0) is 14.7. The molecule has 0 aromatic heterocycles. The van der Waals surface area contributed by atoms with Gasteiger partial charge >= 0.3 is 5.97 Å². The first-order valence-electron chi connectivity index (χ1n) is 7.89. The summed E-state index contributed by atoms with van der Waals surface area (Å²) in [6.45, 7) is 2.77. The number of benzene rings is 1. The van der Waals surface area contributed by atoms with Crippen molar-refractivity contribution >= 4 is 5.97 Å². The van der Waals surface area contributed by atoms with E-state index in [1.807, 2.05) is 0 Å². The second-order valence-electron chi connectivity index (χ2n) is 6.09. The summed E-state index contributed by atoms with van der Waals surface area (Å²) in [5.74, 6) is -0.135. The average Bonchev–Trinajstić information content (AvgIpc) is 3.33. The highest BCUT2D eigenvalue weighted by Crippen LogP contribution is 2.20. The fourth-order valence-corrected chi connectivity index (χ4v) is 3.03. The summed E-state index contributed by atoms with van der Waals surface area (Å²) >= 11 is 0. The second kappa shape index (κ2) is 6.58. The van der Waals surface area contributed by atoms with Crippen molar-refractivity contribution in [2.24, 2.45) is 0 Å². The highest BCUT2D eigenvalue weighted by molar-refractivity contribution is 5.76. The Kier molecular flexibility index (Phi) is 4.56. The standard InChI is InChI=1S/C17H24N2O2/c1-21-17(20)16(18-15-6-7-15)12-19-10-8-13-4-2-3-5-14(13)9-11-19/h2-5,15-16,18H,6-12H2,1H3. The van der Waals surface area contributed by atoms with Gasteiger partial charge in [0.15, 0.2) is 0 Å². The molecule has 1 unspecified atom stereocenters. The van der Waals surface area contributed by atoms with E-state index in [-0.39, 0.29) is 12.0 Å². The molecule has 4 nitrogen and oxygen atoms in total. The Hall–Kier alpha value is -1.39. The van der Waals surface area contributed by atoms with Crippen molar-refractivity contribution < 1.29 is 9.53 Å². The highest BCUT2D eigenvalue weighted by atomic mass is 16.5. The molecule has 0 radical (unpaired) electrons. The van der Waals surface area contributed by atoms with Gasteiger partial charge in [0, 0.05) is 25.7 Å². The van der Waals surface area contributed by atoms with Crippen LogP contribution in [0.2, 0.25) is 0 Å². The molecule has 0 spiro atoms. The molecule has 1 atom stereocenters. The van der Waals surface area contributed by atoms with Gasteiger partial charge in [0.25, 0.3) is 0 Å². The molecule has 1 heterocycles. The number of carbonyl (C=O) groups is 1. The summed E-state index contributed by atoms with van der Waals surface area (Å²) in [5, 5.41) is 3.41. The van der Waals surface area contributed by atoms with Gasteiger partial charge in [-0.25, -0.2) is 0 Å². The number of hydrogen-bond donors (Lipinski definition) is 1. The predicted octanol–water partition coefficient (Wildman–Crippen LogP) is 1.38. The lowest BCUT2D eigenvalue weighted by molar-refractivity contribution is -0.143. The molecule has 1 aromatic carbocycles. The SMILES string of the molecule is COC(=O)C(CN1CCc2ccccc2CC1)NC1CC1. The van der Waals surface area contributed by atoms with E-state index in [2.05, 4.69) is 34.5 Å². The third kappa shape index (κ3) is 3.83. The van der Waals surface area contributed by atoms with Crippen LogP contribution < -0.4 is 5.32 Å². The van der Waals surface area contributed by atoms with Crippen molar-refractivity contribution in [1.82, 2.24) is 10.2 Å². The van der Waals surface area contributed by atoms with Crippen molar-refractivity contribution in [3.05, 3.63) is 35.4 Å². The summed E-state index contributed by atoms with van der Waals surface area (Å²) in [7, 11) is 1.47. The Balaban J connectivity index is 1.60. The molecule has 1 aliphatic heterocycles. The molecule has 0 amide bonds. The van der Waals surface area contributed by atoms with Crippen molar-refractivity contribution in [2.75, 3.05) is 26.7 Å². The van der Waals surface area contributed by atoms with Crippen LogP contribution in [0.5, 0.6) is 0 Å². The molecule has 1 N–H and O–H groups in total. The molecule has 1 saturated carbocycles. The molecule has 1 aromatic rings. The average molecular weight is 288 g/mol. The minimum atomic E-state index is -0.191. The first kappa shape index (κ1) is 14.5. The summed E-state index contributed by atoms with van der Waals surface area (Å²) in [5.41, 5.74) is 2.90. The van der Waals surface area contributed by atoms with E-state index in [1.165, 1.54) is 31.1 Å². The second-order valence-corrected chi connectivity index (χ2v) is 6.09. The minimum Gasteiger partial charge on any atom is -0.468 e. The smallest absolute Gasteiger partial charge is 0.324 e. The van der Waals surface area contributed by atoms with Gasteiger partial charge < -0.3 is 15.0 Å². The van der Waals surface area contributed by atoms with E-state index in [0.717, 1.165) is 32.5 Å². The zero-order valence-electron chi connectivity index (χ0n) is 12.7. The zero-order valence-corrected chi connectivity index (χ0v) is 12.7.